The summed E-state index contributed by atoms with van der Waals surface area (Å²) < 4.78 is 1.83. The predicted octanol–water partition coefficient (Wildman–Crippen LogP) is 2.45. The number of aromatic amines is 1. The van der Waals surface area contributed by atoms with E-state index in [1.165, 1.54) is 12.8 Å². The molecule has 0 radical (unpaired) electrons. The second-order valence-corrected chi connectivity index (χ2v) is 6.41. The molecular formula is C17H17N9. The molecular weight excluding hydrogens is 330 g/mol. The number of nitrogens with zero attached hydrogens (tertiary/aromatic N) is 6. The van der Waals surface area contributed by atoms with Crippen LogP contribution in [0.5, 0.6) is 0 Å². The minimum absolute atomic E-state index is 0.173. The van der Waals surface area contributed by atoms with Crippen molar-refractivity contribution in [3.8, 4) is 5.95 Å². The zero-order valence-electron chi connectivity index (χ0n) is 14.1. The van der Waals surface area contributed by atoms with E-state index in [1.807, 2.05) is 34.9 Å². The molecule has 0 unspecified atom stereocenters. The van der Waals surface area contributed by atoms with Crippen molar-refractivity contribution in [2.45, 2.75) is 25.7 Å². The monoisotopic (exact) mass is 347 g/mol. The third-order valence-corrected chi connectivity index (χ3v) is 4.37. The van der Waals surface area contributed by atoms with E-state index in [0.717, 1.165) is 16.7 Å². The highest BCUT2D eigenvalue weighted by atomic mass is 15.3. The lowest BCUT2D eigenvalue weighted by atomic mass is 10.3. The smallest absolute Gasteiger partial charge is 0.242 e. The van der Waals surface area contributed by atoms with Crippen LogP contribution in [0.4, 0.5) is 17.7 Å². The van der Waals surface area contributed by atoms with Crippen LogP contribution in [0.25, 0.3) is 17.0 Å². The Morgan fingerprint density at radius 1 is 1.15 bits per heavy atom. The number of nitrogens with two attached hydrogens (primary N) is 1. The molecule has 3 aromatic heterocycles. The highest BCUT2D eigenvalue weighted by molar-refractivity contribution is 5.81. The van der Waals surface area contributed by atoms with Gasteiger partial charge in [-0.25, -0.2) is 9.55 Å². The Hall–Kier alpha value is -3.49. The quantitative estimate of drug-likeness (QED) is 0.518. The van der Waals surface area contributed by atoms with Crippen molar-refractivity contribution in [3.63, 3.8) is 0 Å². The lowest BCUT2D eigenvalue weighted by Gasteiger charge is -2.08. The molecule has 1 fully saturated rings. The maximum absolute atomic E-state index is 5.82. The van der Waals surface area contributed by atoms with E-state index in [-0.39, 0.29) is 5.95 Å². The average Bonchev–Trinajstić information content (AvgIpc) is 3.24. The first-order chi connectivity index (χ1) is 12.7. The Morgan fingerprint density at radius 2 is 2.00 bits per heavy atom. The van der Waals surface area contributed by atoms with E-state index in [9.17, 15) is 0 Å². The van der Waals surface area contributed by atoms with Gasteiger partial charge < -0.3 is 11.1 Å². The summed E-state index contributed by atoms with van der Waals surface area (Å²) >= 11 is 0. The number of fused-ring (bicyclic) bond motifs is 1. The zero-order valence-corrected chi connectivity index (χ0v) is 14.1. The third kappa shape index (κ3) is 2.53. The number of rotatable bonds is 4. The van der Waals surface area contributed by atoms with Gasteiger partial charge in [-0.3, -0.25) is 5.10 Å². The van der Waals surface area contributed by atoms with Crippen LogP contribution in [0.1, 0.15) is 30.3 Å². The largest absolute Gasteiger partial charge is 0.368 e. The van der Waals surface area contributed by atoms with Gasteiger partial charge in [0.25, 0.3) is 0 Å². The van der Waals surface area contributed by atoms with E-state index in [1.54, 1.807) is 6.92 Å². The number of nitrogen functional groups attached to an aromatic ring is 1. The molecule has 1 aliphatic rings. The van der Waals surface area contributed by atoms with Gasteiger partial charge in [0, 0.05) is 17.7 Å². The number of hydrogen-bond acceptors (Lipinski definition) is 7. The summed E-state index contributed by atoms with van der Waals surface area (Å²) in [6.45, 7) is 1.78. The lowest BCUT2D eigenvalue weighted by molar-refractivity contribution is 0.892. The molecule has 9 heteroatoms. The van der Waals surface area contributed by atoms with Crippen LogP contribution in [0.2, 0.25) is 0 Å². The predicted molar refractivity (Wildman–Crippen MR) is 97.4 cm³/mol. The normalized spacial score (nSPS) is 14.0. The molecule has 3 heterocycles. The number of anilines is 3. The topological polar surface area (TPSA) is 123 Å². The first-order valence-corrected chi connectivity index (χ1v) is 8.46. The highest BCUT2D eigenvalue weighted by Gasteiger charge is 2.26. The van der Waals surface area contributed by atoms with E-state index >= 15 is 0 Å². The first-order valence-electron chi connectivity index (χ1n) is 8.46. The van der Waals surface area contributed by atoms with Crippen molar-refractivity contribution in [2.75, 3.05) is 11.1 Å². The fourth-order valence-electron chi connectivity index (χ4n) is 3.02. The van der Waals surface area contributed by atoms with Crippen LogP contribution < -0.4 is 11.1 Å². The number of para-hydroxylation sites is 2. The maximum Gasteiger partial charge on any atom is 0.242 e. The molecule has 9 nitrogen and oxygen atoms in total. The minimum atomic E-state index is 0.173. The molecule has 4 N–H and O–H groups in total. The van der Waals surface area contributed by atoms with Crippen LogP contribution in [-0.2, 0) is 0 Å². The van der Waals surface area contributed by atoms with Gasteiger partial charge in [0.05, 0.1) is 11.0 Å². The van der Waals surface area contributed by atoms with Gasteiger partial charge in [0.15, 0.2) is 5.82 Å². The standard InChI is InChI=1S/C17H17N9/c1-9-19-15(18)23-16(20-9)26-13-5-3-2-4-11(13)21-17(26)22-14-8-12(24-25-14)10-6-7-10/h2-5,8,10H,6-7H2,1H3,(H2,18,19,20,23)(H2,21,22,24,25). The number of H-pyrrole nitrogens is 1. The van der Waals surface area contributed by atoms with Crippen molar-refractivity contribution in [1.29, 1.82) is 0 Å². The fourth-order valence-corrected chi connectivity index (χ4v) is 3.02. The van der Waals surface area contributed by atoms with Crippen molar-refractivity contribution in [1.82, 2.24) is 34.7 Å². The lowest BCUT2D eigenvalue weighted by Crippen LogP contribution is -2.10. The molecule has 0 atom stereocenters. The maximum atomic E-state index is 5.82. The molecule has 1 aliphatic carbocycles. The van der Waals surface area contributed by atoms with Crippen LogP contribution in [0, 0.1) is 6.92 Å². The number of nitrogens with one attached hydrogen (secondary N) is 2. The zero-order chi connectivity index (χ0) is 17.7. The molecule has 0 spiro atoms. The van der Waals surface area contributed by atoms with Gasteiger partial charge in [0.1, 0.15) is 5.82 Å². The Bertz CT molecular complexity index is 1090. The molecule has 1 aromatic carbocycles. The molecule has 0 amide bonds. The molecule has 0 saturated heterocycles. The summed E-state index contributed by atoms with van der Waals surface area (Å²) in [6, 6.07) is 9.81. The SMILES string of the molecule is Cc1nc(N)nc(-n2c(Nc3cc(C4CC4)[nH]n3)nc3ccccc32)n1. The minimum Gasteiger partial charge on any atom is -0.368 e. The highest BCUT2D eigenvalue weighted by Crippen LogP contribution is 2.39. The summed E-state index contributed by atoms with van der Waals surface area (Å²) in [4.78, 5) is 17.4. The summed E-state index contributed by atoms with van der Waals surface area (Å²) in [6.07, 6.45) is 2.42. The van der Waals surface area contributed by atoms with E-state index in [0.29, 0.717) is 29.5 Å². The number of hydrogen-bond donors (Lipinski definition) is 3. The number of aromatic nitrogens is 7. The molecule has 1 saturated carbocycles. The molecule has 4 aromatic rings. The van der Waals surface area contributed by atoms with Crippen molar-refractivity contribution < 1.29 is 0 Å². The van der Waals surface area contributed by atoms with Gasteiger partial charge in [-0.15, -0.1) is 0 Å². The van der Waals surface area contributed by atoms with Crippen LogP contribution in [0.3, 0.4) is 0 Å². The van der Waals surface area contributed by atoms with Gasteiger partial charge in [0.2, 0.25) is 17.8 Å². The van der Waals surface area contributed by atoms with Gasteiger partial charge in [-0.05, 0) is 31.9 Å². The van der Waals surface area contributed by atoms with E-state index in [2.05, 4.69) is 35.5 Å². The van der Waals surface area contributed by atoms with Crippen LogP contribution in [-0.4, -0.2) is 34.7 Å². The van der Waals surface area contributed by atoms with Crippen LogP contribution in [0.15, 0.2) is 30.3 Å². The summed E-state index contributed by atoms with van der Waals surface area (Å²) in [5.74, 6) is 3.03. The summed E-state index contributed by atoms with van der Waals surface area (Å²) in [7, 11) is 0. The molecule has 130 valence electrons. The van der Waals surface area contributed by atoms with Gasteiger partial charge in [-0.1, -0.05) is 12.1 Å². The van der Waals surface area contributed by atoms with Gasteiger partial charge in [-0.2, -0.15) is 20.1 Å². The Kier molecular flexibility index (Phi) is 3.14. The number of aryl methyl sites for hydroxylation is 1. The van der Waals surface area contributed by atoms with Crippen molar-refractivity contribution in [3.05, 3.63) is 41.9 Å². The molecule has 0 aliphatic heterocycles. The van der Waals surface area contributed by atoms with Gasteiger partial charge >= 0.3 is 0 Å². The first kappa shape index (κ1) is 14.8. The van der Waals surface area contributed by atoms with Crippen molar-refractivity contribution >= 4 is 28.7 Å². The van der Waals surface area contributed by atoms with E-state index < -0.39 is 0 Å². The van der Waals surface area contributed by atoms with Crippen molar-refractivity contribution in [2.24, 2.45) is 0 Å². The average molecular weight is 347 g/mol. The second-order valence-electron chi connectivity index (χ2n) is 6.41. The molecule has 5 rings (SSSR count). The Balaban J connectivity index is 1.63. The van der Waals surface area contributed by atoms with E-state index in [4.69, 9.17) is 5.73 Å². The number of imidazole rings is 1. The molecule has 26 heavy (non-hydrogen) atoms. The summed E-state index contributed by atoms with van der Waals surface area (Å²) in [5.41, 5.74) is 8.67. The fraction of sp³-hybridized carbons (Fsp3) is 0.235. The summed E-state index contributed by atoms with van der Waals surface area (Å²) in [5, 5.41) is 10.7. The number of benzene rings is 1. The van der Waals surface area contributed by atoms with Crippen LogP contribution >= 0.6 is 0 Å². The Labute approximate surface area is 148 Å². The Morgan fingerprint density at radius 3 is 2.81 bits per heavy atom. The third-order valence-electron chi connectivity index (χ3n) is 4.37. The molecule has 0 bridgehead atoms. The second kappa shape index (κ2) is 5.51.